The Bertz CT molecular complexity index is 1620. The molecule has 0 aromatic heterocycles. The van der Waals surface area contributed by atoms with Crippen LogP contribution in [-0.4, -0.2) is 37.2 Å². The summed E-state index contributed by atoms with van der Waals surface area (Å²) in [4.78, 5) is 38.2. The summed E-state index contributed by atoms with van der Waals surface area (Å²) in [5.74, 6) is -1.01. The van der Waals surface area contributed by atoms with Gasteiger partial charge in [-0.15, -0.1) is 0 Å². The summed E-state index contributed by atoms with van der Waals surface area (Å²) in [5, 5.41) is 0. The molecule has 6 nitrogen and oxygen atoms in total. The van der Waals surface area contributed by atoms with Gasteiger partial charge in [0.05, 0.1) is 0 Å². The first kappa shape index (κ1) is 70.5. The number of hydrogen-bond donors (Lipinski definition) is 0. The van der Waals surface area contributed by atoms with E-state index in [9.17, 15) is 14.4 Å². The largest absolute Gasteiger partial charge is 0.462 e. The fourth-order valence-corrected chi connectivity index (χ4v) is 8.09. The highest BCUT2D eigenvalue weighted by Crippen LogP contribution is 2.15. The summed E-state index contributed by atoms with van der Waals surface area (Å²) in [7, 11) is 0. The molecule has 0 heterocycles. The first-order valence-electron chi connectivity index (χ1n) is 30.7. The van der Waals surface area contributed by atoms with Crippen molar-refractivity contribution in [2.75, 3.05) is 13.2 Å². The number of esters is 3. The van der Waals surface area contributed by atoms with Crippen LogP contribution in [0.15, 0.2) is 134 Å². The number of carbonyl (C=O) groups excluding carboxylic acids is 3. The predicted octanol–water partition coefficient (Wildman–Crippen LogP) is 21.0. The highest BCUT2D eigenvalue weighted by molar-refractivity contribution is 5.71. The van der Waals surface area contributed by atoms with E-state index in [2.05, 4.69) is 154 Å². The third-order valence-electron chi connectivity index (χ3n) is 12.6. The SMILES string of the molecule is CC/C=C\C/C=C\C/C=C\C/C=C\C/C=C\CCCC(=O)OC(COC(=O)CCCCC/C=C\C/C=C\C/C=C\CC)COC(=O)CCCCCCCCCCCCCC/C=C\C/C=C\C/C=C\CCCCCCC. The molecule has 0 spiro atoms. The zero-order valence-corrected chi connectivity index (χ0v) is 48.5. The standard InChI is InChI=1S/C69H112O6/c1-4-7-10-13-16-19-22-25-27-29-30-31-32-33-34-35-36-37-38-40-41-44-47-50-53-56-59-62-68(71)74-65-66(64-73-67(70)61-58-55-52-49-46-43-24-21-18-15-12-9-6-3)75-69(72)63-60-57-54-51-48-45-42-39-28-26-23-20-17-14-11-8-5-2/h8-9,11-12,17-18,20-22,25-26,28-30,32-33,42-43,45-46,51,54,66H,4-7,10,13-16,19,23-24,27,31,34-41,44,47-50,52-53,55-65H2,1-3H3/b11-8-,12-9-,20-17-,21-18-,25-22-,28-26-,30-29-,33-32-,45-42-,46-43-,54-51-. The van der Waals surface area contributed by atoms with Crippen LogP contribution in [0.3, 0.4) is 0 Å². The summed E-state index contributed by atoms with van der Waals surface area (Å²) < 4.78 is 16.8. The van der Waals surface area contributed by atoms with Crippen molar-refractivity contribution in [1.29, 1.82) is 0 Å². The van der Waals surface area contributed by atoms with Crippen LogP contribution in [0.4, 0.5) is 0 Å². The molecule has 0 aliphatic heterocycles. The minimum atomic E-state index is -0.826. The molecule has 0 saturated carbocycles. The second-order valence-corrected chi connectivity index (χ2v) is 19.8. The number of hydrogen-bond acceptors (Lipinski definition) is 6. The number of carbonyl (C=O) groups is 3. The first-order chi connectivity index (χ1) is 37.0. The molecule has 0 aromatic carbocycles. The highest BCUT2D eigenvalue weighted by atomic mass is 16.6. The molecular formula is C69H112O6. The Morgan fingerprint density at radius 1 is 0.280 bits per heavy atom. The van der Waals surface area contributed by atoms with E-state index in [-0.39, 0.29) is 37.5 Å². The van der Waals surface area contributed by atoms with Crippen LogP contribution in [0.5, 0.6) is 0 Å². The fourth-order valence-electron chi connectivity index (χ4n) is 8.09. The van der Waals surface area contributed by atoms with Crippen LogP contribution in [0.25, 0.3) is 0 Å². The van der Waals surface area contributed by atoms with Crippen LogP contribution in [0.1, 0.15) is 265 Å². The topological polar surface area (TPSA) is 78.9 Å². The molecule has 0 amide bonds. The summed E-state index contributed by atoms with van der Waals surface area (Å²) in [6.07, 6.45) is 87.5. The molecule has 0 aliphatic rings. The van der Waals surface area contributed by atoms with Crippen molar-refractivity contribution in [2.45, 2.75) is 271 Å². The zero-order chi connectivity index (χ0) is 54.3. The normalized spacial score (nSPS) is 13.1. The van der Waals surface area contributed by atoms with Gasteiger partial charge in [-0.05, 0) is 128 Å². The molecule has 0 N–H and O–H groups in total. The van der Waals surface area contributed by atoms with Crippen molar-refractivity contribution in [1.82, 2.24) is 0 Å². The van der Waals surface area contributed by atoms with Crippen molar-refractivity contribution in [2.24, 2.45) is 0 Å². The second-order valence-electron chi connectivity index (χ2n) is 19.8. The summed E-state index contributed by atoms with van der Waals surface area (Å²) >= 11 is 0. The van der Waals surface area contributed by atoms with Crippen molar-refractivity contribution in [3.8, 4) is 0 Å². The molecule has 0 bridgehead atoms. The molecule has 1 unspecified atom stereocenters. The van der Waals surface area contributed by atoms with Gasteiger partial charge in [0.25, 0.3) is 0 Å². The van der Waals surface area contributed by atoms with Crippen LogP contribution >= 0.6 is 0 Å². The molecule has 424 valence electrons. The van der Waals surface area contributed by atoms with Gasteiger partial charge in [0.1, 0.15) is 13.2 Å². The lowest BCUT2D eigenvalue weighted by Gasteiger charge is -2.18. The van der Waals surface area contributed by atoms with Crippen LogP contribution in [0.2, 0.25) is 0 Å². The van der Waals surface area contributed by atoms with E-state index in [0.717, 1.165) is 116 Å². The Kier molecular flexibility index (Phi) is 58.4. The van der Waals surface area contributed by atoms with E-state index in [4.69, 9.17) is 14.2 Å². The van der Waals surface area contributed by atoms with E-state index >= 15 is 0 Å². The lowest BCUT2D eigenvalue weighted by Crippen LogP contribution is -2.30. The summed E-state index contributed by atoms with van der Waals surface area (Å²) in [5.41, 5.74) is 0. The number of rotatable bonds is 54. The van der Waals surface area contributed by atoms with Crippen LogP contribution in [0, 0.1) is 0 Å². The van der Waals surface area contributed by atoms with Gasteiger partial charge in [-0.1, -0.05) is 251 Å². The van der Waals surface area contributed by atoms with Gasteiger partial charge >= 0.3 is 17.9 Å². The van der Waals surface area contributed by atoms with Crippen LogP contribution < -0.4 is 0 Å². The van der Waals surface area contributed by atoms with Gasteiger partial charge < -0.3 is 14.2 Å². The Morgan fingerprint density at radius 3 is 0.867 bits per heavy atom. The van der Waals surface area contributed by atoms with Gasteiger partial charge in [-0.3, -0.25) is 14.4 Å². The number of unbranched alkanes of at least 4 members (excludes halogenated alkanes) is 21. The maximum absolute atomic E-state index is 12.8. The van der Waals surface area contributed by atoms with E-state index in [1.807, 2.05) is 0 Å². The minimum absolute atomic E-state index is 0.115. The van der Waals surface area contributed by atoms with Gasteiger partial charge in [0.15, 0.2) is 6.10 Å². The maximum Gasteiger partial charge on any atom is 0.306 e. The van der Waals surface area contributed by atoms with Crippen molar-refractivity contribution < 1.29 is 28.6 Å². The average molecular weight is 1040 g/mol. The first-order valence-corrected chi connectivity index (χ1v) is 30.7. The average Bonchev–Trinajstić information content (AvgIpc) is 3.41. The molecule has 0 rings (SSSR count). The Morgan fingerprint density at radius 2 is 0.533 bits per heavy atom. The van der Waals surface area contributed by atoms with E-state index in [1.54, 1.807) is 0 Å². The predicted molar refractivity (Wildman–Crippen MR) is 325 cm³/mol. The third-order valence-corrected chi connectivity index (χ3v) is 12.6. The third kappa shape index (κ3) is 60.3. The maximum atomic E-state index is 12.8. The van der Waals surface area contributed by atoms with Crippen molar-refractivity contribution in [3.05, 3.63) is 134 Å². The zero-order valence-electron chi connectivity index (χ0n) is 48.5. The number of allylic oxidation sites excluding steroid dienone is 22. The van der Waals surface area contributed by atoms with Crippen molar-refractivity contribution in [3.63, 3.8) is 0 Å². The van der Waals surface area contributed by atoms with Gasteiger partial charge in [0.2, 0.25) is 0 Å². The molecule has 0 aromatic rings. The highest BCUT2D eigenvalue weighted by Gasteiger charge is 2.19. The number of ether oxygens (including phenoxy) is 3. The molecule has 0 fully saturated rings. The molecular weight excluding hydrogens is 925 g/mol. The Balaban J connectivity index is 4.38. The lowest BCUT2D eigenvalue weighted by atomic mass is 10.0. The molecule has 1 atom stereocenters. The minimum Gasteiger partial charge on any atom is -0.462 e. The molecule has 0 radical (unpaired) electrons. The molecule has 75 heavy (non-hydrogen) atoms. The second kappa shape index (κ2) is 62.1. The lowest BCUT2D eigenvalue weighted by molar-refractivity contribution is -0.167. The summed E-state index contributed by atoms with van der Waals surface area (Å²) in [6.45, 7) is 6.32. The van der Waals surface area contributed by atoms with Gasteiger partial charge in [0, 0.05) is 19.3 Å². The van der Waals surface area contributed by atoms with Gasteiger partial charge in [-0.2, -0.15) is 0 Å². The molecule has 6 heteroatoms. The molecule has 0 aliphatic carbocycles. The summed E-state index contributed by atoms with van der Waals surface area (Å²) in [6, 6.07) is 0. The van der Waals surface area contributed by atoms with E-state index < -0.39 is 6.10 Å². The Hall–Kier alpha value is -4.45. The Labute approximate surface area is 462 Å². The van der Waals surface area contributed by atoms with Crippen molar-refractivity contribution >= 4 is 17.9 Å². The smallest absolute Gasteiger partial charge is 0.306 e. The quantitative estimate of drug-likeness (QED) is 0.0261. The fraction of sp³-hybridized carbons (Fsp3) is 0.638. The molecule has 0 saturated heterocycles. The van der Waals surface area contributed by atoms with E-state index in [1.165, 1.54) is 103 Å². The monoisotopic (exact) mass is 1040 g/mol. The van der Waals surface area contributed by atoms with E-state index in [0.29, 0.717) is 19.3 Å². The van der Waals surface area contributed by atoms with Crippen LogP contribution in [-0.2, 0) is 28.6 Å². The van der Waals surface area contributed by atoms with Gasteiger partial charge in [-0.25, -0.2) is 0 Å².